The van der Waals surface area contributed by atoms with Crippen molar-refractivity contribution < 1.29 is 14.3 Å². The molecule has 3 N–H and O–H groups in total. The molecule has 1 aromatic carbocycles. The molecule has 2 rings (SSSR count). The van der Waals surface area contributed by atoms with Crippen LogP contribution in [0.4, 0.5) is 10.5 Å². The van der Waals surface area contributed by atoms with Crippen molar-refractivity contribution in [3.63, 3.8) is 0 Å². The molecular weight excluding hydrogens is 497 g/mol. The molecular formula is C21H34IN5O3. The maximum absolute atomic E-state index is 12.0. The summed E-state index contributed by atoms with van der Waals surface area (Å²) in [6.45, 7) is 11.8. The molecule has 0 bridgehead atoms. The Kier molecular flexibility index (Phi) is 10.4. The third kappa shape index (κ3) is 9.19. The van der Waals surface area contributed by atoms with Crippen LogP contribution in [0.1, 0.15) is 46.6 Å². The van der Waals surface area contributed by atoms with Crippen LogP contribution in [0.2, 0.25) is 0 Å². The molecule has 1 fully saturated rings. The molecule has 8 nitrogen and oxygen atoms in total. The number of carbonyl (C=O) groups is 2. The number of carbonyl (C=O) groups excluding carboxylic acids is 2. The molecule has 1 heterocycles. The largest absolute Gasteiger partial charge is 0.444 e. The minimum Gasteiger partial charge on any atom is -0.444 e. The van der Waals surface area contributed by atoms with Crippen molar-refractivity contribution in [2.45, 2.75) is 59.2 Å². The Balaban J connectivity index is 0.00000450. The fraction of sp³-hybridized carbons (Fsp3) is 0.571. The van der Waals surface area contributed by atoms with Gasteiger partial charge in [-0.3, -0.25) is 4.79 Å². The Morgan fingerprint density at radius 2 is 2.03 bits per heavy atom. The normalized spacial score (nSPS) is 16.5. The molecule has 168 valence electrons. The van der Waals surface area contributed by atoms with Gasteiger partial charge in [-0.05, 0) is 51.8 Å². The topological polar surface area (TPSA) is 95.1 Å². The molecule has 0 radical (unpaired) electrons. The van der Waals surface area contributed by atoms with Gasteiger partial charge in [0.2, 0.25) is 5.91 Å². The highest BCUT2D eigenvalue weighted by Crippen LogP contribution is 2.14. The van der Waals surface area contributed by atoms with Gasteiger partial charge in [-0.2, -0.15) is 0 Å². The standard InChI is InChI=1S/C21H33N5O3.HI/c1-6-22-19(23-13-16-8-7-9-17(12-16)24-15(2)27)26-11-10-18(14-26)25-20(28)29-21(3,4)5;/h7-9,12,18H,6,10-11,13-14H2,1-5H3,(H,22,23)(H,24,27)(H,25,28);1H. The highest BCUT2D eigenvalue weighted by atomic mass is 127. The highest BCUT2D eigenvalue weighted by molar-refractivity contribution is 14.0. The van der Waals surface area contributed by atoms with Crippen LogP contribution in [-0.4, -0.2) is 54.1 Å². The van der Waals surface area contributed by atoms with Crippen molar-refractivity contribution in [1.29, 1.82) is 0 Å². The lowest BCUT2D eigenvalue weighted by atomic mass is 10.2. The number of nitrogens with one attached hydrogen (secondary N) is 3. The first-order chi connectivity index (χ1) is 13.7. The molecule has 1 aliphatic heterocycles. The molecule has 1 unspecified atom stereocenters. The van der Waals surface area contributed by atoms with E-state index >= 15 is 0 Å². The molecule has 2 amide bonds. The van der Waals surface area contributed by atoms with Crippen molar-refractivity contribution in [1.82, 2.24) is 15.5 Å². The van der Waals surface area contributed by atoms with Gasteiger partial charge in [0.15, 0.2) is 5.96 Å². The monoisotopic (exact) mass is 531 g/mol. The van der Waals surface area contributed by atoms with Crippen LogP contribution >= 0.6 is 24.0 Å². The number of rotatable bonds is 5. The van der Waals surface area contributed by atoms with E-state index in [1.807, 2.05) is 52.0 Å². The van der Waals surface area contributed by atoms with Crippen LogP contribution < -0.4 is 16.0 Å². The van der Waals surface area contributed by atoms with Crippen LogP contribution in [0, 0.1) is 0 Å². The molecule has 0 aliphatic carbocycles. The Labute approximate surface area is 196 Å². The number of halogens is 1. The first-order valence-electron chi connectivity index (χ1n) is 10.1. The van der Waals surface area contributed by atoms with E-state index in [0.29, 0.717) is 13.1 Å². The Hall–Kier alpha value is -2.04. The summed E-state index contributed by atoms with van der Waals surface area (Å²) in [5.41, 5.74) is 1.26. The summed E-state index contributed by atoms with van der Waals surface area (Å²) < 4.78 is 5.34. The third-order valence-corrected chi connectivity index (χ3v) is 4.20. The summed E-state index contributed by atoms with van der Waals surface area (Å²) in [5.74, 6) is 0.713. The predicted octanol–water partition coefficient (Wildman–Crippen LogP) is 3.33. The van der Waals surface area contributed by atoms with Gasteiger partial charge in [-0.1, -0.05) is 12.1 Å². The molecule has 0 aromatic heterocycles. The summed E-state index contributed by atoms with van der Waals surface area (Å²) in [7, 11) is 0. The second-order valence-corrected chi connectivity index (χ2v) is 8.13. The highest BCUT2D eigenvalue weighted by Gasteiger charge is 2.27. The van der Waals surface area contributed by atoms with E-state index in [1.54, 1.807) is 0 Å². The lowest BCUT2D eigenvalue weighted by molar-refractivity contribution is -0.114. The third-order valence-electron chi connectivity index (χ3n) is 4.20. The van der Waals surface area contributed by atoms with Gasteiger partial charge < -0.3 is 25.6 Å². The maximum Gasteiger partial charge on any atom is 0.407 e. The fourth-order valence-electron chi connectivity index (χ4n) is 3.09. The quantitative estimate of drug-likeness (QED) is 0.308. The number of ether oxygens (including phenoxy) is 1. The molecule has 1 aliphatic rings. The number of aliphatic imine (C=N–C) groups is 1. The van der Waals surface area contributed by atoms with E-state index < -0.39 is 5.60 Å². The summed E-state index contributed by atoms with van der Waals surface area (Å²) in [6.07, 6.45) is 0.447. The lowest BCUT2D eigenvalue weighted by Gasteiger charge is -2.23. The number of anilines is 1. The Morgan fingerprint density at radius 1 is 1.30 bits per heavy atom. The second kappa shape index (κ2) is 12.0. The van der Waals surface area contributed by atoms with E-state index in [-0.39, 0.29) is 42.0 Å². The first kappa shape index (κ1) is 26.0. The number of likely N-dealkylation sites (tertiary alicyclic amines) is 1. The summed E-state index contributed by atoms with van der Waals surface area (Å²) >= 11 is 0. The van der Waals surface area contributed by atoms with Gasteiger partial charge in [0, 0.05) is 32.2 Å². The zero-order chi connectivity index (χ0) is 21.4. The van der Waals surface area contributed by atoms with Gasteiger partial charge in [-0.25, -0.2) is 9.79 Å². The van der Waals surface area contributed by atoms with Crippen LogP contribution in [-0.2, 0) is 16.1 Å². The van der Waals surface area contributed by atoms with Crippen LogP contribution in [0.5, 0.6) is 0 Å². The minimum atomic E-state index is -0.509. The maximum atomic E-state index is 12.0. The van der Waals surface area contributed by atoms with Gasteiger partial charge in [0.25, 0.3) is 0 Å². The van der Waals surface area contributed by atoms with Crippen LogP contribution in [0.3, 0.4) is 0 Å². The van der Waals surface area contributed by atoms with E-state index in [1.165, 1.54) is 6.92 Å². The van der Waals surface area contributed by atoms with E-state index in [0.717, 1.165) is 36.7 Å². The molecule has 0 saturated carbocycles. The number of nitrogens with zero attached hydrogens (tertiary/aromatic N) is 2. The number of guanidine groups is 1. The molecule has 1 saturated heterocycles. The minimum absolute atomic E-state index is 0. The van der Waals surface area contributed by atoms with Crippen LogP contribution in [0.15, 0.2) is 29.3 Å². The zero-order valence-corrected chi connectivity index (χ0v) is 20.8. The van der Waals surface area contributed by atoms with Crippen molar-refractivity contribution in [2.75, 3.05) is 25.0 Å². The number of hydrogen-bond acceptors (Lipinski definition) is 4. The van der Waals surface area contributed by atoms with Crippen molar-refractivity contribution >= 4 is 47.6 Å². The number of hydrogen-bond donors (Lipinski definition) is 3. The van der Waals surface area contributed by atoms with Crippen molar-refractivity contribution in [3.05, 3.63) is 29.8 Å². The molecule has 1 aromatic rings. The summed E-state index contributed by atoms with van der Waals surface area (Å²) in [5, 5.41) is 9.04. The SMILES string of the molecule is CCNC(=NCc1cccc(NC(C)=O)c1)N1CCC(NC(=O)OC(C)(C)C)C1.I. The summed E-state index contributed by atoms with van der Waals surface area (Å²) in [6, 6.07) is 7.68. The Bertz CT molecular complexity index is 748. The smallest absolute Gasteiger partial charge is 0.407 e. The van der Waals surface area contributed by atoms with Gasteiger partial charge >= 0.3 is 6.09 Å². The van der Waals surface area contributed by atoms with Crippen LogP contribution in [0.25, 0.3) is 0 Å². The summed E-state index contributed by atoms with van der Waals surface area (Å²) in [4.78, 5) is 30.1. The van der Waals surface area contributed by atoms with Gasteiger partial charge in [-0.15, -0.1) is 24.0 Å². The van der Waals surface area contributed by atoms with Gasteiger partial charge in [0.05, 0.1) is 12.6 Å². The molecule has 1 atom stereocenters. The molecule has 30 heavy (non-hydrogen) atoms. The average molecular weight is 531 g/mol. The van der Waals surface area contributed by atoms with Gasteiger partial charge in [0.1, 0.15) is 5.60 Å². The van der Waals surface area contributed by atoms with E-state index in [2.05, 4.69) is 20.9 Å². The van der Waals surface area contributed by atoms with E-state index in [4.69, 9.17) is 9.73 Å². The van der Waals surface area contributed by atoms with Crippen molar-refractivity contribution in [3.8, 4) is 0 Å². The van der Waals surface area contributed by atoms with E-state index in [9.17, 15) is 9.59 Å². The second-order valence-electron chi connectivity index (χ2n) is 8.13. The lowest BCUT2D eigenvalue weighted by Crippen LogP contribution is -2.44. The number of amides is 2. The fourth-order valence-corrected chi connectivity index (χ4v) is 3.09. The number of benzene rings is 1. The zero-order valence-electron chi connectivity index (χ0n) is 18.4. The molecule has 9 heteroatoms. The molecule has 0 spiro atoms. The number of alkyl carbamates (subject to hydrolysis) is 1. The first-order valence-corrected chi connectivity index (χ1v) is 10.1. The van der Waals surface area contributed by atoms with Crippen molar-refractivity contribution in [2.24, 2.45) is 4.99 Å². The average Bonchev–Trinajstić information content (AvgIpc) is 3.04. The Morgan fingerprint density at radius 3 is 2.67 bits per heavy atom. The predicted molar refractivity (Wildman–Crippen MR) is 130 cm³/mol.